The lowest BCUT2D eigenvalue weighted by Gasteiger charge is -2.32. The average molecular weight is 453 g/mol. The zero-order valence-corrected chi connectivity index (χ0v) is 20.8. The standard InChI is InChI=1S/C31H36N2O/c1-21-17-22(2)30(23(3)18-21)32-31(34)33(26-13-6-4-5-7-14-26)20-25-12-10-16-28-27-15-9-8-11-24(27)19-29(25)28/h8-12,15-18,26H,4-7,13-14,19-20H2,1-3H3,(H,32,34). The number of carbonyl (C=O) groups is 1. The van der Waals surface area contributed by atoms with Gasteiger partial charge in [-0.05, 0) is 79.0 Å². The van der Waals surface area contributed by atoms with E-state index in [-0.39, 0.29) is 12.1 Å². The number of rotatable bonds is 4. The summed E-state index contributed by atoms with van der Waals surface area (Å²) in [5, 5.41) is 3.32. The highest BCUT2D eigenvalue weighted by Gasteiger charge is 2.28. The highest BCUT2D eigenvalue weighted by atomic mass is 16.2. The van der Waals surface area contributed by atoms with Crippen LogP contribution in [0.15, 0.2) is 54.6 Å². The minimum Gasteiger partial charge on any atom is -0.317 e. The molecular formula is C31H36N2O. The first-order valence-electron chi connectivity index (χ1n) is 12.9. The van der Waals surface area contributed by atoms with Gasteiger partial charge >= 0.3 is 6.03 Å². The number of aryl methyl sites for hydroxylation is 3. The molecule has 176 valence electrons. The molecule has 0 radical (unpaired) electrons. The van der Waals surface area contributed by atoms with Crippen molar-refractivity contribution in [3.63, 3.8) is 0 Å². The Morgan fingerprint density at radius 3 is 2.29 bits per heavy atom. The molecule has 0 saturated heterocycles. The predicted molar refractivity (Wildman–Crippen MR) is 141 cm³/mol. The maximum Gasteiger partial charge on any atom is 0.322 e. The molecule has 0 spiro atoms. The number of urea groups is 1. The SMILES string of the molecule is Cc1cc(C)c(NC(=O)N(Cc2cccc3c2Cc2ccccc2-3)C2CCCCCC2)c(C)c1. The van der Waals surface area contributed by atoms with Crippen LogP contribution in [0.25, 0.3) is 11.1 Å². The van der Waals surface area contributed by atoms with Gasteiger partial charge in [0.05, 0.1) is 0 Å². The molecule has 3 heteroatoms. The highest BCUT2D eigenvalue weighted by Crippen LogP contribution is 2.39. The van der Waals surface area contributed by atoms with Crippen molar-refractivity contribution >= 4 is 11.7 Å². The van der Waals surface area contributed by atoms with E-state index >= 15 is 0 Å². The molecule has 0 aromatic heterocycles. The minimum atomic E-state index is 0.0371. The van der Waals surface area contributed by atoms with Crippen LogP contribution in [0.3, 0.4) is 0 Å². The van der Waals surface area contributed by atoms with Crippen LogP contribution in [0.4, 0.5) is 10.5 Å². The molecule has 0 atom stereocenters. The summed E-state index contributed by atoms with van der Waals surface area (Å²) >= 11 is 0. The molecule has 1 saturated carbocycles. The first-order valence-corrected chi connectivity index (χ1v) is 12.9. The summed E-state index contributed by atoms with van der Waals surface area (Å²) in [5.41, 5.74) is 11.2. The Bertz CT molecular complexity index is 1180. The summed E-state index contributed by atoms with van der Waals surface area (Å²) in [6.45, 7) is 6.95. The van der Waals surface area contributed by atoms with Crippen LogP contribution in [0, 0.1) is 20.8 Å². The topological polar surface area (TPSA) is 32.3 Å². The molecule has 3 aromatic carbocycles. The number of fused-ring (bicyclic) bond motifs is 3. The van der Waals surface area contributed by atoms with Crippen molar-refractivity contribution in [3.8, 4) is 11.1 Å². The van der Waals surface area contributed by atoms with Gasteiger partial charge < -0.3 is 10.2 Å². The molecular weight excluding hydrogens is 416 g/mol. The van der Waals surface area contributed by atoms with E-state index in [0.29, 0.717) is 6.54 Å². The maximum atomic E-state index is 13.9. The molecule has 1 N–H and O–H groups in total. The van der Waals surface area contributed by atoms with Crippen molar-refractivity contribution in [2.75, 3.05) is 5.32 Å². The van der Waals surface area contributed by atoms with Gasteiger partial charge in [-0.3, -0.25) is 0 Å². The molecule has 0 aliphatic heterocycles. The number of carbonyl (C=O) groups excluding carboxylic acids is 1. The van der Waals surface area contributed by atoms with Gasteiger partial charge in [0, 0.05) is 18.3 Å². The third-order valence-corrected chi connectivity index (χ3v) is 7.72. The lowest BCUT2D eigenvalue weighted by Crippen LogP contribution is -2.42. The van der Waals surface area contributed by atoms with E-state index in [9.17, 15) is 4.79 Å². The number of hydrogen-bond donors (Lipinski definition) is 1. The Kier molecular flexibility index (Phi) is 6.45. The van der Waals surface area contributed by atoms with E-state index in [1.807, 2.05) is 0 Å². The van der Waals surface area contributed by atoms with Crippen LogP contribution >= 0.6 is 0 Å². The van der Waals surface area contributed by atoms with Crippen molar-refractivity contribution in [3.05, 3.63) is 88.0 Å². The summed E-state index contributed by atoms with van der Waals surface area (Å²) in [5.74, 6) is 0. The van der Waals surface area contributed by atoms with E-state index in [4.69, 9.17) is 0 Å². The van der Waals surface area contributed by atoms with Crippen molar-refractivity contribution in [2.45, 2.75) is 78.3 Å². The van der Waals surface area contributed by atoms with E-state index < -0.39 is 0 Å². The van der Waals surface area contributed by atoms with Gasteiger partial charge in [-0.15, -0.1) is 0 Å². The van der Waals surface area contributed by atoms with E-state index in [2.05, 4.69) is 85.6 Å². The fraction of sp³-hybridized carbons (Fsp3) is 0.387. The zero-order chi connectivity index (χ0) is 23.7. The van der Waals surface area contributed by atoms with Crippen LogP contribution in [-0.4, -0.2) is 17.0 Å². The first kappa shape index (κ1) is 22.7. The number of amides is 2. The lowest BCUT2D eigenvalue weighted by molar-refractivity contribution is 0.175. The molecule has 0 heterocycles. The number of benzene rings is 3. The third kappa shape index (κ3) is 4.49. The Balaban J connectivity index is 1.47. The molecule has 2 aliphatic carbocycles. The predicted octanol–water partition coefficient (Wildman–Crippen LogP) is 7.94. The second-order valence-electron chi connectivity index (χ2n) is 10.3. The minimum absolute atomic E-state index is 0.0371. The second-order valence-corrected chi connectivity index (χ2v) is 10.3. The lowest BCUT2D eigenvalue weighted by atomic mass is 9.99. The first-order chi connectivity index (χ1) is 16.5. The molecule has 2 amide bonds. The number of nitrogens with zero attached hydrogens (tertiary/aromatic N) is 1. The number of nitrogens with one attached hydrogen (secondary N) is 1. The quantitative estimate of drug-likeness (QED) is 0.313. The largest absolute Gasteiger partial charge is 0.322 e. The molecule has 3 nitrogen and oxygen atoms in total. The molecule has 34 heavy (non-hydrogen) atoms. The van der Waals surface area contributed by atoms with E-state index in [1.165, 1.54) is 59.1 Å². The molecule has 3 aromatic rings. The van der Waals surface area contributed by atoms with Gasteiger partial charge in [-0.2, -0.15) is 0 Å². The van der Waals surface area contributed by atoms with Crippen molar-refractivity contribution < 1.29 is 4.79 Å². The smallest absolute Gasteiger partial charge is 0.317 e. The van der Waals surface area contributed by atoms with Gasteiger partial charge in [0.1, 0.15) is 0 Å². The van der Waals surface area contributed by atoms with Gasteiger partial charge in [0.2, 0.25) is 0 Å². The van der Waals surface area contributed by atoms with Crippen LogP contribution in [0.1, 0.15) is 71.9 Å². The molecule has 0 bridgehead atoms. The Morgan fingerprint density at radius 2 is 1.56 bits per heavy atom. The summed E-state index contributed by atoms with van der Waals surface area (Å²) in [7, 11) is 0. The van der Waals surface area contributed by atoms with Gasteiger partial charge in [0.15, 0.2) is 0 Å². The molecule has 2 aliphatic rings. The fourth-order valence-corrected chi connectivity index (χ4v) is 6.05. The monoisotopic (exact) mass is 452 g/mol. The Labute approximate surface area is 204 Å². The van der Waals surface area contributed by atoms with Gasteiger partial charge in [-0.25, -0.2) is 4.79 Å². The normalized spacial score (nSPS) is 15.4. The van der Waals surface area contributed by atoms with Gasteiger partial charge in [-0.1, -0.05) is 85.8 Å². The number of hydrogen-bond acceptors (Lipinski definition) is 1. The van der Waals surface area contributed by atoms with Crippen LogP contribution in [0.2, 0.25) is 0 Å². The van der Waals surface area contributed by atoms with Crippen LogP contribution in [0.5, 0.6) is 0 Å². The summed E-state index contributed by atoms with van der Waals surface area (Å²) in [4.78, 5) is 16.0. The Hall–Kier alpha value is -3.07. The second kappa shape index (κ2) is 9.66. The average Bonchev–Trinajstić information content (AvgIpc) is 2.99. The Morgan fingerprint density at radius 1 is 0.882 bits per heavy atom. The van der Waals surface area contributed by atoms with E-state index in [0.717, 1.165) is 36.1 Å². The fourth-order valence-electron chi connectivity index (χ4n) is 6.05. The van der Waals surface area contributed by atoms with Crippen LogP contribution in [-0.2, 0) is 13.0 Å². The maximum absolute atomic E-state index is 13.9. The van der Waals surface area contributed by atoms with E-state index in [1.54, 1.807) is 0 Å². The van der Waals surface area contributed by atoms with Crippen LogP contribution < -0.4 is 5.32 Å². The molecule has 0 unspecified atom stereocenters. The summed E-state index contributed by atoms with van der Waals surface area (Å²) < 4.78 is 0. The van der Waals surface area contributed by atoms with Crippen molar-refractivity contribution in [1.29, 1.82) is 0 Å². The number of anilines is 1. The van der Waals surface area contributed by atoms with Crippen molar-refractivity contribution in [2.24, 2.45) is 0 Å². The summed E-state index contributed by atoms with van der Waals surface area (Å²) in [6.07, 6.45) is 8.10. The molecule has 1 fully saturated rings. The van der Waals surface area contributed by atoms with Crippen molar-refractivity contribution in [1.82, 2.24) is 4.90 Å². The summed E-state index contributed by atoms with van der Waals surface area (Å²) in [6, 6.07) is 20.0. The van der Waals surface area contributed by atoms with Gasteiger partial charge in [0.25, 0.3) is 0 Å². The zero-order valence-electron chi connectivity index (χ0n) is 20.8. The third-order valence-electron chi connectivity index (χ3n) is 7.72. The highest BCUT2D eigenvalue weighted by molar-refractivity contribution is 5.91. The molecule has 5 rings (SSSR count).